The first-order chi connectivity index (χ1) is 8.97. The normalized spacial score (nSPS) is 16.6. The highest BCUT2D eigenvalue weighted by atomic mass is 32.2. The summed E-state index contributed by atoms with van der Waals surface area (Å²) >= 11 is 2.13. The van der Waals surface area contributed by atoms with Gasteiger partial charge in [-0.05, 0) is 24.4 Å². The van der Waals surface area contributed by atoms with Crippen LogP contribution < -0.4 is 5.32 Å². The molecule has 0 amide bonds. The first-order valence-corrected chi connectivity index (χ1v) is 8.29. The van der Waals surface area contributed by atoms with E-state index in [1.54, 1.807) is 0 Å². The molecule has 0 aliphatic carbocycles. The molecule has 0 heterocycles. The van der Waals surface area contributed by atoms with Gasteiger partial charge in [0.1, 0.15) is 0 Å². The fourth-order valence-electron chi connectivity index (χ4n) is 2.21. The van der Waals surface area contributed by atoms with Crippen LogP contribution in [0.3, 0.4) is 0 Å². The number of benzene rings is 1. The molecule has 0 saturated heterocycles. The topological polar surface area (TPSA) is 12.0 Å². The third-order valence-corrected chi connectivity index (χ3v) is 5.87. The molecule has 2 heteroatoms. The lowest BCUT2D eigenvalue weighted by Crippen LogP contribution is -2.33. The Hall–Kier alpha value is -0.470. The zero-order valence-corrected chi connectivity index (χ0v) is 14.0. The molecule has 1 aromatic rings. The fourth-order valence-corrected chi connectivity index (χ4v) is 3.78. The Morgan fingerprint density at radius 2 is 1.47 bits per heavy atom. The van der Waals surface area contributed by atoms with Crippen molar-refractivity contribution in [2.24, 2.45) is 11.8 Å². The Morgan fingerprint density at radius 3 is 1.89 bits per heavy atom. The van der Waals surface area contributed by atoms with Crippen molar-refractivity contribution in [2.75, 3.05) is 7.05 Å². The molecule has 0 fully saturated rings. The molecule has 0 saturated carbocycles. The lowest BCUT2D eigenvalue weighted by atomic mass is 9.96. The molecule has 1 aromatic carbocycles. The van der Waals surface area contributed by atoms with Crippen molar-refractivity contribution >= 4 is 11.8 Å². The molecular formula is C17H29NS. The van der Waals surface area contributed by atoms with Crippen molar-refractivity contribution < 1.29 is 0 Å². The summed E-state index contributed by atoms with van der Waals surface area (Å²) in [4.78, 5) is 0. The monoisotopic (exact) mass is 279 g/mol. The van der Waals surface area contributed by atoms with Gasteiger partial charge in [0.25, 0.3) is 0 Å². The molecule has 0 radical (unpaired) electrons. The predicted octanol–water partition coefficient (Wildman–Crippen LogP) is 4.75. The van der Waals surface area contributed by atoms with Crippen LogP contribution in [0, 0.1) is 11.8 Å². The zero-order chi connectivity index (χ0) is 14.4. The molecule has 19 heavy (non-hydrogen) atoms. The van der Waals surface area contributed by atoms with E-state index in [1.807, 2.05) is 0 Å². The van der Waals surface area contributed by atoms with Crippen LogP contribution in [0.15, 0.2) is 30.3 Å². The van der Waals surface area contributed by atoms with E-state index in [1.165, 1.54) is 5.56 Å². The van der Waals surface area contributed by atoms with Gasteiger partial charge in [0.2, 0.25) is 0 Å². The molecule has 0 aliphatic rings. The molecule has 1 N–H and O–H groups in total. The van der Waals surface area contributed by atoms with Gasteiger partial charge in [-0.25, -0.2) is 0 Å². The van der Waals surface area contributed by atoms with Gasteiger partial charge in [-0.2, -0.15) is 11.8 Å². The van der Waals surface area contributed by atoms with Gasteiger partial charge in [-0.3, -0.25) is 0 Å². The summed E-state index contributed by atoms with van der Waals surface area (Å²) in [5, 5.41) is 4.81. The van der Waals surface area contributed by atoms with Gasteiger partial charge >= 0.3 is 0 Å². The average molecular weight is 279 g/mol. The largest absolute Gasteiger partial charge is 0.312 e. The standard InChI is InChI=1S/C17H29NS/c1-12(2)14(5)19-17(13(3)4)16(18-6)15-10-8-7-9-11-15/h7-14,16-18H,1-6H3. The van der Waals surface area contributed by atoms with E-state index >= 15 is 0 Å². The maximum absolute atomic E-state index is 3.52. The summed E-state index contributed by atoms with van der Waals surface area (Å²) < 4.78 is 0. The van der Waals surface area contributed by atoms with Crippen LogP contribution in [0.4, 0.5) is 0 Å². The van der Waals surface area contributed by atoms with Crippen molar-refractivity contribution in [3.63, 3.8) is 0 Å². The summed E-state index contributed by atoms with van der Waals surface area (Å²) in [7, 11) is 2.08. The van der Waals surface area contributed by atoms with E-state index < -0.39 is 0 Å². The lowest BCUT2D eigenvalue weighted by Gasteiger charge is -2.33. The number of thioether (sulfide) groups is 1. The Balaban J connectivity index is 2.89. The molecule has 1 rings (SSSR count). The van der Waals surface area contributed by atoms with Crippen LogP contribution in [-0.4, -0.2) is 17.5 Å². The second-order valence-corrected chi connectivity index (χ2v) is 7.53. The van der Waals surface area contributed by atoms with Gasteiger partial charge in [0.15, 0.2) is 0 Å². The van der Waals surface area contributed by atoms with E-state index in [0.29, 0.717) is 22.5 Å². The Kier molecular flexibility index (Phi) is 6.95. The van der Waals surface area contributed by atoms with E-state index in [4.69, 9.17) is 0 Å². The minimum atomic E-state index is 0.424. The third kappa shape index (κ3) is 4.85. The van der Waals surface area contributed by atoms with Crippen LogP contribution in [0.1, 0.15) is 46.2 Å². The highest BCUT2D eigenvalue weighted by Gasteiger charge is 2.27. The molecule has 1 nitrogen and oxygen atoms in total. The molecule has 0 aliphatic heterocycles. The molecule has 0 spiro atoms. The smallest absolute Gasteiger partial charge is 0.0440 e. The SMILES string of the molecule is CNC(c1ccccc1)C(SC(C)C(C)C)C(C)C. The van der Waals surface area contributed by atoms with Crippen molar-refractivity contribution in [3.05, 3.63) is 35.9 Å². The van der Waals surface area contributed by atoms with Crippen molar-refractivity contribution in [1.82, 2.24) is 5.32 Å². The number of nitrogens with one attached hydrogen (secondary N) is 1. The second kappa shape index (κ2) is 7.96. The van der Waals surface area contributed by atoms with E-state index in [0.717, 1.165) is 5.92 Å². The second-order valence-electron chi connectivity index (χ2n) is 5.97. The van der Waals surface area contributed by atoms with E-state index in [2.05, 4.69) is 89.1 Å². The lowest BCUT2D eigenvalue weighted by molar-refractivity contribution is 0.469. The van der Waals surface area contributed by atoms with Gasteiger partial charge in [-0.15, -0.1) is 0 Å². The van der Waals surface area contributed by atoms with Crippen LogP contribution >= 0.6 is 11.8 Å². The minimum absolute atomic E-state index is 0.424. The molecule has 3 unspecified atom stereocenters. The Labute approximate surface area is 123 Å². The quantitative estimate of drug-likeness (QED) is 0.773. The molecule has 0 bridgehead atoms. The Bertz CT molecular complexity index is 348. The molecule has 0 aromatic heterocycles. The number of hydrogen-bond donors (Lipinski definition) is 1. The maximum atomic E-state index is 3.52. The van der Waals surface area contributed by atoms with Crippen molar-refractivity contribution in [1.29, 1.82) is 0 Å². The highest BCUT2D eigenvalue weighted by molar-refractivity contribution is 8.00. The van der Waals surface area contributed by atoms with Crippen molar-refractivity contribution in [2.45, 2.75) is 51.2 Å². The number of rotatable bonds is 7. The van der Waals surface area contributed by atoms with Gasteiger partial charge in [0.05, 0.1) is 0 Å². The average Bonchev–Trinajstić information content (AvgIpc) is 2.39. The molecule has 108 valence electrons. The summed E-state index contributed by atoms with van der Waals surface area (Å²) in [5.41, 5.74) is 1.40. The van der Waals surface area contributed by atoms with Crippen LogP contribution in [0.5, 0.6) is 0 Å². The molecular weight excluding hydrogens is 250 g/mol. The first-order valence-electron chi connectivity index (χ1n) is 7.35. The Morgan fingerprint density at radius 1 is 0.895 bits per heavy atom. The van der Waals surface area contributed by atoms with Crippen LogP contribution in [0.2, 0.25) is 0 Å². The first kappa shape index (κ1) is 16.6. The van der Waals surface area contributed by atoms with E-state index in [-0.39, 0.29) is 0 Å². The maximum Gasteiger partial charge on any atom is 0.0440 e. The van der Waals surface area contributed by atoms with Crippen LogP contribution in [0.25, 0.3) is 0 Å². The number of hydrogen-bond acceptors (Lipinski definition) is 2. The summed E-state index contributed by atoms with van der Waals surface area (Å²) in [6, 6.07) is 11.2. The zero-order valence-electron chi connectivity index (χ0n) is 13.2. The summed E-state index contributed by atoms with van der Waals surface area (Å²) in [6.45, 7) is 11.6. The minimum Gasteiger partial charge on any atom is -0.312 e. The van der Waals surface area contributed by atoms with Crippen molar-refractivity contribution in [3.8, 4) is 0 Å². The van der Waals surface area contributed by atoms with E-state index in [9.17, 15) is 0 Å². The third-order valence-electron chi connectivity index (χ3n) is 3.77. The van der Waals surface area contributed by atoms with Gasteiger partial charge in [0, 0.05) is 16.5 Å². The highest BCUT2D eigenvalue weighted by Crippen LogP contribution is 2.36. The fraction of sp³-hybridized carbons (Fsp3) is 0.647. The summed E-state index contributed by atoms with van der Waals surface area (Å²) in [6.07, 6.45) is 0. The predicted molar refractivity (Wildman–Crippen MR) is 88.8 cm³/mol. The van der Waals surface area contributed by atoms with Gasteiger partial charge < -0.3 is 5.32 Å². The molecule has 3 atom stereocenters. The van der Waals surface area contributed by atoms with Crippen LogP contribution in [-0.2, 0) is 0 Å². The summed E-state index contributed by atoms with van der Waals surface area (Å²) in [5.74, 6) is 1.38. The van der Waals surface area contributed by atoms with Gasteiger partial charge in [-0.1, -0.05) is 65.0 Å².